The van der Waals surface area contributed by atoms with E-state index in [0.29, 0.717) is 6.61 Å². The number of hydrogen-bond donors (Lipinski definition) is 1. The first-order chi connectivity index (χ1) is 7.27. The van der Waals surface area contributed by atoms with Gasteiger partial charge < -0.3 is 9.84 Å². The number of hydrogen-bond acceptors (Lipinski definition) is 2. The minimum Gasteiger partial charge on any atom is -0.508 e. The molecule has 0 unspecified atom stereocenters. The van der Waals surface area contributed by atoms with Crippen LogP contribution in [0.5, 0.6) is 11.5 Å². The monoisotopic (exact) mass is 206 g/mol. The summed E-state index contributed by atoms with van der Waals surface area (Å²) < 4.78 is 5.60. The molecule has 0 bridgehead atoms. The Morgan fingerprint density at radius 3 is 2.93 bits per heavy atom. The van der Waals surface area contributed by atoms with Gasteiger partial charge in [0.2, 0.25) is 0 Å². The topological polar surface area (TPSA) is 29.5 Å². The predicted molar refractivity (Wildman–Crippen MR) is 62.4 cm³/mol. The second-order valence-electron chi connectivity index (χ2n) is 3.49. The molecule has 1 rings (SSSR count). The van der Waals surface area contributed by atoms with Gasteiger partial charge in [-0.05, 0) is 24.5 Å². The third kappa shape index (κ3) is 3.66. The van der Waals surface area contributed by atoms with Crippen LogP contribution in [0.1, 0.15) is 25.3 Å². The van der Waals surface area contributed by atoms with Crippen LogP contribution in [-0.4, -0.2) is 11.7 Å². The van der Waals surface area contributed by atoms with Crippen LogP contribution in [0.4, 0.5) is 0 Å². The highest BCUT2D eigenvalue weighted by molar-refractivity contribution is 5.40. The normalized spacial score (nSPS) is 9.93. The van der Waals surface area contributed by atoms with Crippen LogP contribution >= 0.6 is 0 Å². The first-order valence-corrected chi connectivity index (χ1v) is 5.33. The molecule has 0 aliphatic carbocycles. The fourth-order valence-electron chi connectivity index (χ4n) is 1.33. The zero-order valence-corrected chi connectivity index (χ0v) is 9.20. The molecular formula is C13H18O2. The van der Waals surface area contributed by atoms with Crippen LogP contribution in [-0.2, 0) is 6.42 Å². The fraction of sp³-hybridized carbons (Fsp3) is 0.385. The summed E-state index contributed by atoms with van der Waals surface area (Å²) in [5.74, 6) is 1.01. The molecule has 1 aromatic carbocycles. The van der Waals surface area contributed by atoms with Crippen LogP contribution in [0.2, 0.25) is 0 Å². The molecule has 0 heterocycles. The summed E-state index contributed by atoms with van der Waals surface area (Å²) in [6, 6.07) is 5.21. The summed E-state index contributed by atoms with van der Waals surface area (Å²) in [6.07, 6.45) is 4.74. The highest BCUT2D eigenvalue weighted by Crippen LogP contribution is 2.24. The van der Waals surface area contributed by atoms with Crippen molar-refractivity contribution in [3.05, 3.63) is 36.4 Å². The zero-order valence-electron chi connectivity index (χ0n) is 9.20. The molecule has 2 heteroatoms. The van der Waals surface area contributed by atoms with Crippen LogP contribution in [0.25, 0.3) is 0 Å². The van der Waals surface area contributed by atoms with Gasteiger partial charge in [-0.25, -0.2) is 0 Å². The van der Waals surface area contributed by atoms with Crippen molar-refractivity contribution in [3.63, 3.8) is 0 Å². The summed E-state index contributed by atoms with van der Waals surface area (Å²) >= 11 is 0. The van der Waals surface area contributed by atoms with Crippen molar-refractivity contribution >= 4 is 0 Å². The molecule has 0 saturated carbocycles. The van der Waals surface area contributed by atoms with E-state index in [1.807, 2.05) is 12.1 Å². The smallest absolute Gasteiger partial charge is 0.126 e. The van der Waals surface area contributed by atoms with Gasteiger partial charge in [0, 0.05) is 6.07 Å². The van der Waals surface area contributed by atoms with Crippen molar-refractivity contribution in [3.8, 4) is 11.5 Å². The van der Waals surface area contributed by atoms with E-state index in [9.17, 15) is 5.11 Å². The van der Waals surface area contributed by atoms with E-state index in [0.717, 1.165) is 30.6 Å². The quantitative estimate of drug-likeness (QED) is 0.571. The van der Waals surface area contributed by atoms with Gasteiger partial charge in [-0.2, -0.15) is 0 Å². The number of phenols is 1. The van der Waals surface area contributed by atoms with Crippen molar-refractivity contribution in [2.24, 2.45) is 0 Å². The predicted octanol–water partition coefficient (Wildman–Crippen LogP) is 3.30. The molecule has 0 spiro atoms. The molecule has 0 aliphatic heterocycles. The molecule has 1 N–H and O–H groups in total. The Hall–Kier alpha value is -1.44. The van der Waals surface area contributed by atoms with Gasteiger partial charge in [0.25, 0.3) is 0 Å². The van der Waals surface area contributed by atoms with Crippen LogP contribution in [0.15, 0.2) is 30.9 Å². The Kier molecular flexibility index (Phi) is 4.75. The molecule has 0 saturated heterocycles. The van der Waals surface area contributed by atoms with E-state index in [-0.39, 0.29) is 5.75 Å². The molecule has 0 aliphatic rings. The molecule has 0 fully saturated rings. The van der Waals surface area contributed by atoms with Crippen LogP contribution in [0, 0.1) is 0 Å². The van der Waals surface area contributed by atoms with Crippen molar-refractivity contribution < 1.29 is 9.84 Å². The molecule has 1 aromatic rings. The van der Waals surface area contributed by atoms with E-state index in [1.54, 1.807) is 12.1 Å². The lowest BCUT2D eigenvalue weighted by Gasteiger charge is -2.10. The van der Waals surface area contributed by atoms with Crippen molar-refractivity contribution in [1.29, 1.82) is 0 Å². The Morgan fingerprint density at radius 2 is 2.27 bits per heavy atom. The highest BCUT2D eigenvalue weighted by Gasteiger charge is 2.03. The Labute approximate surface area is 91.2 Å². The van der Waals surface area contributed by atoms with Gasteiger partial charge in [0.1, 0.15) is 11.5 Å². The number of benzene rings is 1. The molecular weight excluding hydrogens is 188 g/mol. The highest BCUT2D eigenvalue weighted by atomic mass is 16.5. The summed E-state index contributed by atoms with van der Waals surface area (Å²) in [5.41, 5.74) is 1.07. The lowest BCUT2D eigenvalue weighted by Crippen LogP contribution is -1.99. The number of aromatic hydroxyl groups is 1. The Bertz CT molecular complexity index is 318. The molecule has 0 radical (unpaired) electrons. The average Bonchev–Trinajstić information content (AvgIpc) is 2.22. The summed E-state index contributed by atoms with van der Waals surface area (Å²) in [7, 11) is 0. The fourth-order valence-corrected chi connectivity index (χ4v) is 1.33. The van der Waals surface area contributed by atoms with Crippen LogP contribution in [0.3, 0.4) is 0 Å². The molecule has 0 atom stereocenters. The van der Waals surface area contributed by atoms with Gasteiger partial charge in [-0.15, -0.1) is 6.58 Å². The molecule has 0 aromatic heterocycles. The number of rotatable bonds is 6. The summed E-state index contributed by atoms with van der Waals surface area (Å²) in [4.78, 5) is 0. The van der Waals surface area contributed by atoms with Crippen LogP contribution < -0.4 is 4.74 Å². The van der Waals surface area contributed by atoms with Gasteiger partial charge in [0.15, 0.2) is 0 Å². The van der Waals surface area contributed by atoms with E-state index >= 15 is 0 Å². The zero-order chi connectivity index (χ0) is 11.1. The maximum absolute atomic E-state index is 9.36. The van der Waals surface area contributed by atoms with Gasteiger partial charge >= 0.3 is 0 Å². The number of phenolic OH excluding ortho intramolecular Hbond substituents is 1. The summed E-state index contributed by atoms with van der Waals surface area (Å²) in [5, 5.41) is 9.36. The SMILES string of the molecule is C=CCc1ccc(O)cc1OCCCC. The maximum Gasteiger partial charge on any atom is 0.126 e. The van der Waals surface area contributed by atoms with Gasteiger partial charge in [0.05, 0.1) is 6.61 Å². The van der Waals surface area contributed by atoms with E-state index in [2.05, 4.69) is 13.5 Å². The first-order valence-electron chi connectivity index (χ1n) is 5.33. The van der Waals surface area contributed by atoms with Crippen molar-refractivity contribution in [1.82, 2.24) is 0 Å². The Balaban J connectivity index is 2.72. The molecule has 2 nitrogen and oxygen atoms in total. The van der Waals surface area contributed by atoms with Crippen molar-refractivity contribution in [2.75, 3.05) is 6.61 Å². The lowest BCUT2D eigenvalue weighted by atomic mass is 10.1. The second kappa shape index (κ2) is 6.12. The van der Waals surface area contributed by atoms with E-state index in [1.165, 1.54) is 0 Å². The number of unbranched alkanes of at least 4 members (excludes halogenated alkanes) is 1. The number of allylic oxidation sites excluding steroid dienone is 1. The van der Waals surface area contributed by atoms with Gasteiger partial charge in [-0.3, -0.25) is 0 Å². The Morgan fingerprint density at radius 1 is 1.47 bits per heavy atom. The van der Waals surface area contributed by atoms with Gasteiger partial charge in [-0.1, -0.05) is 25.5 Å². The van der Waals surface area contributed by atoms with Crippen molar-refractivity contribution in [2.45, 2.75) is 26.2 Å². The first kappa shape index (κ1) is 11.6. The summed E-state index contributed by atoms with van der Waals surface area (Å²) in [6.45, 7) is 6.52. The molecule has 0 amide bonds. The minimum atomic E-state index is 0.245. The minimum absolute atomic E-state index is 0.245. The third-order valence-corrected chi connectivity index (χ3v) is 2.17. The maximum atomic E-state index is 9.36. The molecule has 82 valence electrons. The lowest BCUT2D eigenvalue weighted by molar-refractivity contribution is 0.305. The molecule has 15 heavy (non-hydrogen) atoms. The average molecular weight is 206 g/mol. The third-order valence-electron chi connectivity index (χ3n) is 2.17. The number of ether oxygens (including phenoxy) is 1. The largest absolute Gasteiger partial charge is 0.508 e. The standard InChI is InChI=1S/C13H18O2/c1-3-5-9-15-13-10-12(14)8-7-11(13)6-4-2/h4,7-8,10,14H,2-3,5-6,9H2,1H3. The van der Waals surface area contributed by atoms with E-state index in [4.69, 9.17) is 4.74 Å². The second-order valence-corrected chi connectivity index (χ2v) is 3.49. The van der Waals surface area contributed by atoms with E-state index < -0.39 is 0 Å².